The van der Waals surface area contributed by atoms with E-state index in [9.17, 15) is 5.11 Å². The van der Waals surface area contributed by atoms with E-state index in [4.69, 9.17) is 15.0 Å². The van der Waals surface area contributed by atoms with Crippen molar-refractivity contribution in [1.29, 1.82) is 0 Å². The summed E-state index contributed by atoms with van der Waals surface area (Å²) >= 11 is 0. The molecule has 0 unspecified atom stereocenters. The first-order valence-electron chi connectivity index (χ1n) is 15.1. The van der Waals surface area contributed by atoms with Crippen LogP contribution in [0.5, 0.6) is 0 Å². The van der Waals surface area contributed by atoms with Gasteiger partial charge >= 0.3 is 0 Å². The summed E-state index contributed by atoms with van der Waals surface area (Å²) in [5.41, 5.74) is 15.9. The van der Waals surface area contributed by atoms with Gasteiger partial charge < -0.3 is 10.4 Å². The molecule has 5 aliphatic heterocycles. The first-order chi connectivity index (χ1) is 21.0. The van der Waals surface area contributed by atoms with Crippen molar-refractivity contribution in [2.75, 3.05) is 0 Å². The predicted molar refractivity (Wildman–Crippen MR) is 183 cm³/mol. The molecule has 0 amide bonds. The zero-order chi connectivity index (χ0) is 30.9. The van der Waals surface area contributed by atoms with Gasteiger partial charge in [0.15, 0.2) is 0 Å². The molecule has 5 heteroatoms. The van der Waals surface area contributed by atoms with E-state index in [-0.39, 0.29) is 0 Å². The number of allylic oxidation sites excluding steroid dienone is 10. The molecule has 0 fully saturated rings. The zero-order valence-electron chi connectivity index (χ0n) is 26.3. The molecule has 2 aromatic carbocycles. The lowest BCUT2D eigenvalue weighted by Crippen LogP contribution is -2.19. The lowest BCUT2D eigenvalue weighted by atomic mass is 9.88. The minimum absolute atomic E-state index is 0.296. The third kappa shape index (κ3) is 4.43. The first kappa shape index (κ1) is 27.8. The average molecular weight is 577 g/mol. The molecule has 0 atom stereocenters. The molecule has 0 spiro atoms. The van der Waals surface area contributed by atoms with Crippen LogP contribution in [0.1, 0.15) is 54.2 Å². The Hall–Kier alpha value is -5.03. The van der Waals surface area contributed by atoms with E-state index in [1.807, 2.05) is 39.0 Å². The van der Waals surface area contributed by atoms with E-state index in [2.05, 4.69) is 93.7 Å². The molecule has 0 saturated heterocycles. The number of nitrogens with one attached hydrogen (secondary N) is 1. The standard InChI is InChI=1S/C39H36N4O/c1-21-8-10-26(11-9-21)35-29-13-12-27(40-29)20-33-39(6,7)38(44)37(43-33)25(5)28-14-15-31(41-28)36(32-17-16-30(35)42-32)34-23(3)18-22(2)19-24(34)4/h8-20,43-44H,1-7H3. The Morgan fingerprint density at radius 2 is 1.25 bits per heavy atom. The SMILES string of the molecule is CC1=C2C=CC(=N2)C(c2c(C)cc(C)cc2C)=C2C=CC(=N2)C(c2ccc(C)cc2)=C2C=CC(=N2)C=C2NC1=C(O)C2(C)C. The van der Waals surface area contributed by atoms with Crippen LogP contribution < -0.4 is 5.32 Å². The fraction of sp³-hybridized carbons (Fsp3) is 0.205. The van der Waals surface area contributed by atoms with Gasteiger partial charge in [-0.15, -0.1) is 0 Å². The van der Waals surface area contributed by atoms with Gasteiger partial charge in [-0.1, -0.05) is 47.5 Å². The molecule has 5 heterocycles. The Morgan fingerprint density at radius 1 is 0.659 bits per heavy atom. The maximum atomic E-state index is 11.5. The van der Waals surface area contributed by atoms with Crippen molar-refractivity contribution in [3.63, 3.8) is 0 Å². The number of nitrogens with zero attached hydrogens (tertiary/aromatic N) is 3. The van der Waals surface area contributed by atoms with Crippen LogP contribution in [0.25, 0.3) is 11.1 Å². The maximum absolute atomic E-state index is 11.5. The van der Waals surface area contributed by atoms with Gasteiger partial charge in [-0.05, 0) is 113 Å². The smallest absolute Gasteiger partial charge is 0.127 e. The van der Waals surface area contributed by atoms with Gasteiger partial charge in [0.1, 0.15) is 5.76 Å². The molecule has 2 N–H and O–H groups in total. The zero-order valence-corrected chi connectivity index (χ0v) is 26.3. The average Bonchev–Trinajstić information content (AvgIpc) is 3.77. The van der Waals surface area contributed by atoms with Crippen molar-refractivity contribution >= 4 is 28.3 Å². The summed E-state index contributed by atoms with van der Waals surface area (Å²) in [6, 6.07) is 13.0. The summed E-state index contributed by atoms with van der Waals surface area (Å²) in [4.78, 5) is 15.6. The van der Waals surface area contributed by atoms with Crippen molar-refractivity contribution in [1.82, 2.24) is 5.32 Å². The molecular formula is C39H36N4O. The normalized spacial score (nSPS) is 20.1. The number of rotatable bonds is 2. The molecule has 7 rings (SSSR count). The lowest BCUT2D eigenvalue weighted by Gasteiger charge is -2.19. The molecule has 0 aromatic heterocycles. The van der Waals surface area contributed by atoms with Gasteiger partial charge in [-0.25, -0.2) is 15.0 Å². The van der Waals surface area contributed by atoms with Crippen molar-refractivity contribution in [3.05, 3.63) is 152 Å². The number of aliphatic imine (C=N–C) groups is 3. The fourth-order valence-corrected chi connectivity index (χ4v) is 6.61. The van der Waals surface area contributed by atoms with Crippen molar-refractivity contribution in [2.24, 2.45) is 20.4 Å². The lowest BCUT2D eigenvalue weighted by molar-refractivity contribution is 0.300. The first-order valence-corrected chi connectivity index (χ1v) is 15.1. The van der Waals surface area contributed by atoms with E-state index >= 15 is 0 Å². The van der Waals surface area contributed by atoms with Crippen molar-refractivity contribution in [2.45, 2.75) is 48.5 Å². The van der Waals surface area contributed by atoms with E-state index in [1.54, 1.807) is 0 Å². The highest BCUT2D eigenvalue weighted by atomic mass is 16.3. The van der Waals surface area contributed by atoms with E-state index in [0.717, 1.165) is 67.8 Å². The summed E-state index contributed by atoms with van der Waals surface area (Å²) in [6.45, 7) is 14.6. The van der Waals surface area contributed by atoms with Crippen LogP contribution in [0.2, 0.25) is 0 Å². The highest BCUT2D eigenvalue weighted by molar-refractivity contribution is 6.36. The van der Waals surface area contributed by atoms with Crippen LogP contribution in [0.15, 0.2) is 134 Å². The van der Waals surface area contributed by atoms with Crippen molar-refractivity contribution in [3.8, 4) is 0 Å². The summed E-state index contributed by atoms with van der Waals surface area (Å²) in [5, 5.41) is 15.0. The second-order valence-corrected chi connectivity index (χ2v) is 12.7. The van der Waals surface area contributed by atoms with E-state index in [0.29, 0.717) is 11.5 Å². The molecule has 2 aromatic rings. The van der Waals surface area contributed by atoms with Gasteiger partial charge in [0.25, 0.3) is 0 Å². The maximum Gasteiger partial charge on any atom is 0.127 e. The van der Waals surface area contributed by atoms with Crippen LogP contribution in [0.4, 0.5) is 0 Å². The Labute approximate surface area is 259 Å². The highest BCUT2D eigenvalue weighted by Crippen LogP contribution is 2.43. The molecule has 44 heavy (non-hydrogen) atoms. The number of aliphatic hydroxyl groups excluding tert-OH is 1. The monoisotopic (exact) mass is 576 g/mol. The molecule has 5 aliphatic rings. The van der Waals surface area contributed by atoms with E-state index in [1.165, 1.54) is 22.3 Å². The summed E-state index contributed by atoms with van der Waals surface area (Å²) in [6.07, 6.45) is 14.4. The van der Waals surface area contributed by atoms with Gasteiger partial charge in [0, 0.05) is 22.4 Å². The largest absolute Gasteiger partial charge is 0.509 e. The number of aryl methyl sites for hydroxylation is 4. The second kappa shape index (κ2) is 10.0. The van der Waals surface area contributed by atoms with Crippen LogP contribution in [-0.4, -0.2) is 22.2 Å². The third-order valence-corrected chi connectivity index (χ3v) is 9.05. The molecule has 0 radical (unpaired) electrons. The van der Waals surface area contributed by atoms with Gasteiger partial charge in [0.2, 0.25) is 0 Å². The third-order valence-electron chi connectivity index (χ3n) is 9.05. The topological polar surface area (TPSA) is 69.3 Å². The van der Waals surface area contributed by atoms with Crippen LogP contribution in [0, 0.1) is 33.1 Å². The Morgan fingerprint density at radius 3 is 1.95 bits per heavy atom. The molecular weight excluding hydrogens is 540 g/mol. The Bertz CT molecular complexity index is 2000. The second-order valence-electron chi connectivity index (χ2n) is 12.7. The number of fused-ring (bicyclic) bond motifs is 5. The molecule has 218 valence electrons. The van der Waals surface area contributed by atoms with Gasteiger partial charge in [0.05, 0.1) is 45.3 Å². The number of hydrogen-bond donors (Lipinski definition) is 2. The summed E-state index contributed by atoms with van der Waals surface area (Å²) in [7, 11) is 0. The number of aliphatic hydroxyl groups is 1. The highest BCUT2D eigenvalue weighted by Gasteiger charge is 2.39. The number of benzene rings is 2. The van der Waals surface area contributed by atoms with Crippen LogP contribution >= 0.6 is 0 Å². The molecule has 5 nitrogen and oxygen atoms in total. The van der Waals surface area contributed by atoms with Gasteiger partial charge in [-0.2, -0.15) is 0 Å². The molecule has 8 bridgehead atoms. The Balaban J connectivity index is 1.56. The van der Waals surface area contributed by atoms with Gasteiger partial charge in [-0.3, -0.25) is 0 Å². The van der Waals surface area contributed by atoms with Crippen LogP contribution in [0.3, 0.4) is 0 Å². The molecule has 0 saturated carbocycles. The summed E-state index contributed by atoms with van der Waals surface area (Å²) < 4.78 is 0. The molecule has 0 aliphatic carbocycles. The van der Waals surface area contributed by atoms with Crippen molar-refractivity contribution < 1.29 is 5.11 Å². The minimum Gasteiger partial charge on any atom is -0.509 e. The fourth-order valence-electron chi connectivity index (χ4n) is 6.61. The van der Waals surface area contributed by atoms with E-state index < -0.39 is 5.41 Å². The quantitative estimate of drug-likeness (QED) is 0.376. The Kier molecular flexibility index (Phi) is 6.33. The van der Waals surface area contributed by atoms with Crippen LogP contribution in [-0.2, 0) is 0 Å². The summed E-state index contributed by atoms with van der Waals surface area (Å²) in [5.74, 6) is 0.296. The number of hydrogen-bond acceptors (Lipinski definition) is 5. The predicted octanol–water partition coefficient (Wildman–Crippen LogP) is 8.65. The minimum atomic E-state index is -0.613.